The van der Waals surface area contributed by atoms with Crippen molar-refractivity contribution in [3.8, 4) is 0 Å². The molecule has 256 valence electrons. The van der Waals surface area contributed by atoms with E-state index in [1.54, 1.807) is 22.3 Å². The Kier molecular flexibility index (Phi) is 10.9. The number of halogens is 2. The van der Waals surface area contributed by atoms with Crippen LogP contribution >= 0.6 is 23.2 Å². The molecule has 0 spiro atoms. The van der Waals surface area contributed by atoms with E-state index in [2.05, 4.69) is 150 Å². The lowest BCUT2D eigenvalue weighted by molar-refractivity contribution is 0.759. The monoisotopic (exact) mass is 736 g/mol. The number of benzene rings is 2. The van der Waals surface area contributed by atoms with Gasteiger partial charge in [0, 0.05) is 43.2 Å². The van der Waals surface area contributed by atoms with Gasteiger partial charge in [0.1, 0.15) is 0 Å². The van der Waals surface area contributed by atoms with E-state index >= 15 is 0 Å². The zero-order chi connectivity index (χ0) is 35.1. The molecule has 4 aliphatic carbocycles. The van der Waals surface area contributed by atoms with Gasteiger partial charge in [-0.2, -0.15) is 0 Å². The van der Waals surface area contributed by atoms with E-state index in [4.69, 9.17) is 23.2 Å². The SMILES string of the molecule is CCC1=CC2=C(C=CC=CC2c2ccc([Si](C)(C)C)c(Cl)c2)C1C[SiH2]CC1C(CC)=CC2=C1C=CC=CC2c1ccc([Si](C)(C)C)c(Cl)c1. The van der Waals surface area contributed by atoms with Gasteiger partial charge >= 0.3 is 0 Å². The summed E-state index contributed by atoms with van der Waals surface area (Å²) in [6.07, 6.45) is 25.9. The lowest BCUT2D eigenvalue weighted by atomic mass is 9.88. The molecule has 4 atom stereocenters. The van der Waals surface area contributed by atoms with Crippen LogP contribution in [0.1, 0.15) is 49.7 Å². The predicted octanol–water partition coefficient (Wildman–Crippen LogP) is 11.7. The molecular weight excluding hydrogens is 684 g/mol. The standard InChI is InChI=1S/C44H54Cl2Si3/c1-9-29-23-37-33(31-19-21-43(41(45)25-31)48(3,4)5)15-11-13-17-35(37)39(29)27-47-28-40-30(10-2)24-38-34(16-12-14-18-36(38)40)32-20-22-44(42(46)26-32)49(6,7)8/h11-26,33-34,39-40H,9-10,27-28,47H2,1-8H3. The quantitative estimate of drug-likeness (QED) is 0.213. The first-order valence-electron chi connectivity index (χ1n) is 18.5. The minimum absolute atomic E-state index is 0.248. The first-order chi connectivity index (χ1) is 23.3. The van der Waals surface area contributed by atoms with Crippen molar-refractivity contribution in [1.29, 1.82) is 0 Å². The van der Waals surface area contributed by atoms with Crippen molar-refractivity contribution in [2.24, 2.45) is 11.8 Å². The fourth-order valence-electron chi connectivity index (χ4n) is 8.56. The van der Waals surface area contributed by atoms with Crippen molar-refractivity contribution >= 4 is 59.2 Å². The highest BCUT2D eigenvalue weighted by atomic mass is 35.5. The highest BCUT2D eigenvalue weighted by Crippen LogP contribution is 2.47. The largest absolute Gasteiger partial charge is 0.0845 e. The van der Waals surface area contributed by atoms with Crippen molar-refractivity contribution in [3.05, 3.63) is 152 Å². The van der Waals surface area contributed by atoms with E-state index < -0.39 is 16.1 Å². The third-order valence-electron chi connectivity index (χ3n) is 11.2. The van der Waals surface area contributed by atoms with E-state index in [0.717, 1.165) is 22.9 Å². The molecule has 0 amide bonds. The molecule has 0 fully saturated rings. The average molecular weight is 738 g/mol. The Morgan fingerprint density at radius 2 is 0.980 bits per heavy atom. The van der Waals surface area contributed by atoms with Crippen molar-refractivity contribution in [3.63, 3.8) is 0 Å². The van der Waals surface area contributed by atoms with Gasteiger partial charge in [0.25, 0.3) is 0 Å². The molecule has 4 aliphatic rings. The summed E-state index contributed by atoms with van der Waals surface area (Å²) in [4.78, 5) is 0. The Balaban J connectivity index is 1.23. The summed E-state index contributed by atoms with van der Waals surface area (Å²) in [6.45, 7) is 18.9. The van der Waals surface area contributed by atoms with Crippen LogP contribution in [0.15, 0.2) is 131 Å². The van der Waals surface area contributed by atoms with Crippen LogP contribution in [0, 0.1) is 11.8 Å². The van der Waals surface area contributed by atoms with E-state index in [1.165, 1.54) is 44.7 Å². The lowest BCUT2D eigenvalue weighted by Crippen LogP contribution is -2.38. The van der Waals surface area contributed by atoms with Gasteiger partial charge in [0.05, 0.1) is 16.1 Å². The number of hydrogen-bond donors (Lipinski definition) is 0. The second kappa shape index (κ2) is 14.7. The van der Waals surface area contributed by atoms with Crippen LogP contribution in [0.25, 0.3) is 0 Å². The molecule has 0 aromatic heterocycles. The van der Waals surface area contributed by atoms with E-state index in [1.807, 2.05) is 0 Å². The Hall–Kier alpha value is -2.41. The van der Waals surface area contributed by atoms with Gasteiger partial charge < -0.3 is 0 Å². The van der Waals surface area contributed by atoms with E-state index in [0.29, 0.717) is 11.8 Å². The molecular formula is C44H54Cl2Si3. The molecule has 0 saturated carbocycles. The summed E-state index contributed by atoms with van der Waals surface area (Å²) in [5.74, 6) is 1.57. The molecule has 2 aromatic rings. The minimum Gasteiger partial charge on any atom is -0.0845 e. The van der Waals surface area contributed by atoms with Crippen LogP contribution in [0.2, 0.25) is 61.4 Å². The molecule has 5 heteroatoms. The van der Waals surface area contributed by atoms with Crippen molar-refractivity contribution in [2.45, 2.75) is 89.9 Å². The highest BCUT2D eigenvalue weighted by Gasteiger charge is 2.33. The van der Waals surface area contributed by atoms with Gasteiger partial charge in [-0.1, -0.05) is 185 Å². The molecule has 0 heterocycles. The zero-order valence-electron chi connectivity index (χ0n) is 30.8. The van der Waals surface area contributed by atoms with Crippen LogP contribution in [0.3, 0.4) is 0 Å². The van der Waals surface area contributed by atoms with Gasteiger partial charge in [-0.05, 0) is 68.8 Å². The van der Waals surface area contributed by atoms with E-state index in [-0.39, 0.29) is 21.4 Å². The maximum atomic E-state index is 6.94. The molecule has 49 heavy (non-hydrogen) atoms. The molecule has 0 radical (unpaired) electrons. The third kappa shape index (κ3) is 7.48. The smallest absolute Gasteiger partial charge is 0.0795 e. The van der Waals surface area contributed by atoms with Crippen LogP contribution in [0.5, 0.6) is 0 Å². The summed E-state index contributed by atoms with van der Waals surface area (Å²) < 4.78 is 0. The molecule has 0 aliphatic heterocycles. The predicted molar refractivity (Wildman–Crippen MR) is 227 cm³/mol. The normalized spacial score (nSPS) is 23.7. The minimum atomic E-state index is -1.50. The molecule has 4 unspecified atom stereocenters. The average Bonchev–Trinajstić information content (AvgIpc) is 3.37. The number of rotatable bonds is 10. The number of allylic oxidation sites excluding steroid dienone is 16. The maximum Gasteiger partial charge on any atom is 0.0795 e. The van der Waals surface area contributed by atoms with E-state index in [9.17, 15) is 0 Å². The fourth-order valence-corrected chi connectivity index (χ4v) is 15.8. The maximum absolute atomic E-state index is 6.94. The molecule has 0 bridgehead atoms. The Morgan fingerprint density at radius 1 is 0.571 bits per heavy atom. The van der Waals surface area contributed by atoms with Crippen LogP contribution in [-0.4, -0.2) is 25.7 Å². The van der Waals surface area contributed by atoms with Crippen molar-refractivity contribution in [2.75, 3.05) is 0 Å². The first kappa shape index (κ1) is 36.4. The van der Waals surface area contributed by atoms with Crippen molar-refractivity contribution < 1.29 is 0 Å². The summed E-state index contributed by atoms with van der Waals surface area (Å²) >= 11 is 13.9. The Bertz CT molecular complexity index is 1730. The van der Waals surface area contributed by atoms with Crippen LogP contribution < -0.4 is 10.4 Å². The second-order valence-corrected chi connectivity index (χ2v) is 29.2. The van der Waals surface area contributed by atoms with Gasteiger partial charge in [0.2, 0.25) is 0 Å². The molecule has 0 N–H and O–H groups in total. The zero-order valence-corrected chi connectivity index (χ0v) is 35.8. The Morgan fingerprint density at radius 3 is 1.33 bits per heavy atom. The highest BCUT2D eigenvalue weighted by molar-refractivity contribution is 6.90. The molecule has 0 saturated heterocycles. The summed E-state index contributed by atoms with van der Waals surface area (Å²) in [6, 6.07) is 16.4. The van der Waals surface area contributed by atoms with Gasteiger partial charge in [0.15, 0.2) is 0 Å². The molecule has 6 rings (SSSR count). The molecule has 0 nitrogen and oxygen atoms in total. The van der Waals surface area contributed by atoms with Gasteiger partial charge in [-0.15, -0.1) is 0 Å². The topological polar surface area (TPSA) is 0 Å². The van der Waals surface area contributed by atoms with Gasteiger partial charge in [-0.25, -0.2) is 0 Å². The first-order valence-corrected chi connectivity index (χ1v) is 28.3. The van der Waals surface area contributed by atoms with Gasteiger partial charge in [-0.3, -0.25) is 0 Å². The second-order valence-electron chi connectivity index (χ2n) is 16.4. The number of hydrogen-bond acceptors (Lipinski definition) is 0. The fraction of sp³-hybridized carbons (Fsp3) is 0.364. The molecule has 2 aromatic carbocycles. The van der Waals surface area contributed by atoms with Crippen molar-refractivity contribution in [1.82, 2.24) is 0 Å². The summed E-state index contributed by atoms with van der Waals surface area (Å²) in [5.41, 5.74) is 11.9. The lowest BCUT2D eigenvalue weighted by Gasteiger charge is -2.23. The summed E-state index contributed by atoms with van der Waals surface area (Å²) in [5, 5.41) is 4.58. The third-order valence-corrected chi connectivity index (χ3v) is 18.2. The van der Waals surface area contributed by atoms with Crippen LogP contribution in [-0.2, 0) is 0 Å². The van der Waals surface area contributed by atoms with Crippen LogP contribution in [0.4, 0.5) is 0 Å². The summed E-state index contributed by atoms with van der Waals surface area (Å²) in [7, 11) is -3.34. The Labute approximate surface area is 311 Å².